The number of piperidine rings is 1. The molecule has 4 aromatic rings. The fraction of sp³-hybridized carbons (Fsp3) is 0.370. The SMILES string of the molecule is CC(C)COc1ccccc1-c1cc(-c2ccc3[nH]nc(NCC4CCNCC4)c3c2)nc(=O)[nH]1. The molecule has 35 heavy (non-hydrogen) atoms. The summed E-state index contributed by atoms with van der Waals surface area (Å²) in [7, 11) is 0. The summed E-state index contributed by atoms with van der Waals surface area (Å²) in [5.41, 5.74) is 3.52. The maximum absolute atomic E-state index is 12.5. The van der Waals surface area contributed by atoms with E-state index in [4.69, 9.17) is 4.74 Å². The zero-order chi connectivity index (χ0) is 24.2. The van der Waals surface area contributed by atoms with Crippen molar-refractivity contribution in [3.05, 3.63) is 59.0 Å². The standard InChI is InChI=1S/C27H32N6O2/c1-17(2)16-35-25-6-4-3-5-20(25)24-14-23(30-27(34)31-24)19-7-8-22-21(13-19)26(33-32-22)29-15-18-9-11-28-12-10-18/h3-8,13-14,17-18,28H,9-12,15-16H2,1-2H3,(H2,29,32,33)(H,30,31,34). The van der Waals surface area contributed by atoms with Crippen LogP contribution in [0.2, 0.25) is 0 Å². The molecule has 1 fully saturated rings. The second-order valence-corrected chi connectivity index (χ2v) is 9.59. The lowest BCUT2D eigenvalue weighted by molar-refractivity contribution is 0.272. The molecule has 0 radical (unpaired) electrons. The number of aromatic nitrogens is 4. The molecule has 0 spiro atoms. The average molecular weight is 473 g/mol. The molecular weight excluding hydrogens is 440 g/mol. The molecule has 5 rings (SSSR count). The molecule has 4 N–H and O–H groups in total. The van der Waals surface area contributed by atoms with E-state index in [-0.39, 0.29) is 0 Å². The summed E-state index contributed by atoms with van der Waals surface area (Å²) < 4.78 is 6.01. The van der Waals surface area contributed by atoms with E-state index in [1.807, 2.05) is 48.5 Å². The highest BCUT2D eigenvalue weighted by atomic mass is 16.5. The molecule has 3 heterocycles. The molecule has 0 saturated carbocycles. The third-order valence-corrected chi connectivity index (χ3v) is 6.37. The van der Waals surface area contributed by atoms with Crippen LogP contribution in [0.4, 0.5) is 5.82 Å². The number of benzene rings is 2. The monoisotopic (exact) mass is 472 g/mol. The highest BCUT2D eigenvalue weighted by molar-refractivity contribution is 5.93. The summed E-state index contributed by atoms with van der Waals surface area (Å²) in [6, 6.07) is 15.6. The van der Waals surface area contributed by atoms with Crippen LogP contribution >= 0.6 is 0 Å². The zero-order valence-corrected chi connectivity index (χ0v) is 20.2. The Kier molecular flexibility index (Phi) is 6.81. The predicted molar refractivity (Wildman–Crippen MR) is 140 cm³/mol. The number of nitrogens with zero attached hydrogens (tertiary/aromatic N) is 2. The summed E-state index contributed by atoms with van der Waals surface area (Å²) in [5.74, 6) is 2.61. The van der Waals surface area contributed by atoms with Crippen LogP contribution in [-0.4, -0.2) is 46.4 Å². The Morgan fingerprint density at radius 2 is 1.94 bits per heavy atom. The summed E-state index contributed by atoms with van der Waals surface area (Å²) in [6.07, 6.45) is 2.34. The first-order chi connectivity index (χ1) is 17.1. The molecule has 182 valence electrons. The van der Waals surface area contributed by atoms with E-state index in [1.165, 1.54) is 12.8 Å². The molecule has 0 unspecified atom stereocenters. The van der Waals surface area contributed by atoms with Crippen LogP contribution in [0, 0.1) is 11.8 Å². The first-order valence-electron chi connectivity index (χ1n) is 12.3. The van der Waals surface area contributed by atoms with Crippen molar-refractivity contribution >= 4 is 16.7 Å². The second kappa shape index (κ2) is 10.3. The van der Waals surface area contributed by atoms with Gasteiger partial charge in [-0.3, -0.25) is 5.10 Å². The van der Waals surface area contributed by atoms with Crippen LogP contribution in [0.3, 0.4) is 0 Å². The Morgan fingerprint density at radius 1 is 1.11 bits per heavy atom. The fourth-order valence-electron chi connectivity index (χ4n) is 4.46. The number of ether oxygens (including phenoxy) is 1. The lowest BCUT2D eigenvalue weighted by atomic mass is 9.98. The van der Waals surface area contributed by atoms with Crippen molar-refractivity contribution < 1.29 is 4.74 Å². The van der Waals surface area contributed by atoms with Gasteiger partial charge in [0.05, 0.1) is 23.5 Å². The Bertz CT molecular complexity index is 1350. The van der Waals surface area contributed by atoms with E-state index in [0.29, 0.717) is 29.8 Å². The minimum atomic E-state index is -0.396. The van der Waals surface area contributed by atoms with Crippen molar-refractivity contribution in [1.82, 2.24) is 25.5 Å². The van der Waals surface area contributed by atoms with E-state index >= 15 is 0 Å². The van der Waals surface area contributed by atoms with Crippen LogP contribution < -0.4 is 21.1 Å². The summed E-state index contributed by atoms with van der Waals surface area (Å²) in [5, 5.41) is 15.5. The molecule has 1 aliphatic rings. The molecule has 8 nitrogen and oxygen atoms in total. The molecule has 0 bridgehead atoms. The topological polar surface area (TPSA) is 108 Å². The normalized spacial score (nSPS) is 14.5. The largest absolute Gasteiger partial charge is 0.493 e. The number of fused-ring (bicyclic) bond motifs is 1. The minimum Gasteiger partial charge on any atom is -0.493 e. The first-order valence-corrected chi connectivity index (χ1v) is 12.3. The molecule has 1 aliphatic heterocycles. The van der Waals surface area contributed by atoms with E-state index in [1.54, 1.807) is 0 Å². The molecule has 2 aromatic heterocycles. The lowest BCUT2D eigenvalue weighted by Gasteiger charge is -2.22. The first kappa shape index (κ1) is 23.1. The van der Waals surface area contributed by atoms with E-state index in [2.05, 4.69) is 44.6 Å². The number of para-hydroxylation sites is 1. The Labute approximate surface area is 204 Å². The third kappa shape index (κ3) is 5.38. The Hall–Kier alpha value is -3.65. The van der Waals surface area contributed by atoms with Gasteiger partial charge in [0.15, 0.2) is 5.82 Å². The summed E-state index contributed by atoms with van der Waals surface area (Å²) >= 11 is 0. The van der Waals surface area contributed by atoms with Crippen molar-refractivity contribution in [2.45, 2.75) is 26.7 Å². The van der Waals surface area contributed by atoms with Crippen LogP contribution in [0.15, 0.2) is 53.3 Å². The third-order valence-electron chi connectivity index (χ3n) is 6.37. The van der Waals surface area contributed by atoms with Crippen LogP contribution in [0.1, 0.15) is 26.7 Å². The minimum absolute atomic E-state index is 0.396. The molecule has 1 saturated heterocycles. The van der Waals surface area contributed by atoms with Gasteiger partial charge in [0.1, 0.15) is 5.75 Å². The number of rotatable bonds is 8. The van der Waals surface area contributed by atoms with Crippen LogP contribution in [-0.2, 0) is 0 Å². The van der Waals surface area contributed by atoms with Crippen LogP contribution in [0.5, 0.6) is 5.75 Å². The molecular formula is C27H32N6O2. The quantitative estimate of drug-likeness (QED) is 0.302. The molecule has 0 amide bonds. The molecule has 0 atom stereocenters. The van der Waals surface area contributed by atoms with E-state index < -0.39 is 5.69 Å². The predicted octanol–water partition coefficient (Wildman–Crippen LogP) is 4.43. The second-order valence-electron chi connectivity index (χ2n) is 9.59. The highest BCUT2D eigenvalue weighted by Gasteiger charge is 2.16. The molecule has 2 aromatic carbocycles. The maximum Gasteiger partial charge on any atom is 0.345 e. The Balaban J connectivity index is 1.45. The number of anilines is 1. The smallest absolute Gasteiger partial charge is 0.345 e. The molecule has 0 aliphatic carbocycles. The zero-order valence-electron chi connectivity index (χ0n) is 20.2. The van der Waals surface area contributed by atoms with Gasteiger partial charge in [-0.15, -0.1) is 0 Å². The van der Waals surface area contributed by atoms with Crippen molar-refractivity contribution in [1.29, 1.82) is 0 Å². The van der Waals surface area contributed by atoms with Gasteiger partial charge in [0, 0.05) is 23.1 Å². The van der Waals surface area contributed by atoms with E-state index in [9.17, 15) is 4.79 Å². The van der Waals surface area contributed by atoms with Gasteiger partial charge >= 0.3 is 5.69 Å². The summed E-state index contributed by atoms with van der Waals surface area (Å²) in [6.45, 7) is 7.85. The van der Waals surface area contributed by atoms with Gasteiger partial charge < -0.3 is 20.4 Å². The van der Waals surface area contributed by atoms with Gasteiger partial charge in [0.25, 0.3) is 0 Å². The number of H-pyrrole nitrogens is 2. The summed E-state index contributed by atoms with van der Waals surface area (Å²) in [4.78, 5) is 19.7. The van der Waals surface area contributed by atoms with Gasteiger partial charge in [0.2, 0.25) is 0 Å². The van der Waals surface area contributed by atoms with Gasteiger partial charge in [-0.05, 0) is 68.1 Å². The van der Waals surface area contributed by atoms with E-state index in [0.717, 1.165) is 53.2 Å². The fourth-order valence-corrected chi connectivity index (χ4v) is 4.46. The number of hydrogen-bond donors (Lipinski definition) is 4. The van der Waals surface area contributed by atoms with Crippen molar-refractivity contribution in [3.63, 3.8) is 0 Å². The number of hydrogen-bond acceptors (Lipinski definition) is 6. The van der Waals surface area contributed by atoms with Gasteiger partial charge in [-0.1, -0.05) is 32.0 Å². The maximum atomic E-state index is 12.5. The Morgan fingerprint density at radius 3 is 2.77 bits per heavy atom. The number of nitrogens with one attached hydrogen (secondary N) is 4. The number of aromatic amines is 2. The van der Waals surface area contributed by atoms with Crippen molar-refractivity contribution in [2.75, 3.05) is 31.6 Å². The lowest BCUT2D eigenvalue weighted by Crippen LogP contribution is -2.31. The highest BCUT2D eigenvalue weighted by Crippen LogP contribution is 2.32. The van der Waals surface area contributed by atoms with Crippen molar-refractivity contribution in [3.8, 4) is 28.3 Å². The molecule has 8 heteroatoms. The van der Waals surface area contributed by atoms with Crippen molar-refractivity contribution in [2.24, 2.45) is 11.8 Å². The average Bonchev–Trinajstić information content (AvgIpc) is 3.29. The van der Waals surface area contributed by atoms with Gasteiger partial charge in [-0.2, -0.15) is 10.1 Å². The van der Waals surface area contributed by atoms with Crippen LogP contribution in [0.25, 0.3) is 33.4 Å². The van der Waals surface area contributed by atoms with Gasteiger partial charge in [-0.25, -0.2) is 4.79 Å².